The van der Waals surface area contributed by atoms with Crippen LogP contribution >= 0.6 is 0 Å². The fourth-order valence-corrected chi connectivity index (χ4v) is 2.15. The predicted molar refractivity (Wildman–Crippen MR) is 62.9 cm³/mol. The van der Waals surface area contributed by atoms with Crippen molar-refractivity contribution in [2.75, 3.05) is 19.8 Å². The molecule has 0 aliphatic carbocycles. The van der Waals surface area contributed by atoms with Gasteiger partial charge < -0.3 is 10.2 Å². The Morgan fingerprint density at radius 1 is 1.17 bits per heavy atom. The van der Waals surface area contributed by atoms with E-state index in [-0.39, 0.29) is 12.5 Å². The Morgan fingerprint density at radius 2 is 1.94 bits per heavy atom. The lowest BCUT2D eigenvalue weighted by Crippen LogP contribution is -2.25. The average molecular weight is 264 g/mol. The highest BCUT2D eigenvalue weighted by Crippen LogP contribution is 2.25. The highest BCUT2D eigenvalue weighted by molar-refractivity contribution is 4.70. The van der Waals surface area contributed by atoms with E-state index in [4.69, 9.17) is 14.9 Å². The number of hydrogen-bond donors (Lipinski definition) is 2. The fraction of sp³-hybridized carbons (Fsp3) is 1.00. The zero-order chi connectivity index (χ0) is 13.2. The van der Waals surface area contributed by atoms with Crippen LogP contribution in [0.1, 0.15) is 39.0 Å². The normalized spacial score (nSPS) is 30.2. The number of aliphatic hydroxyl groups excluding tert-OH is 2. The van der Waals surface area contributed by atoms with Crippen molar-refractivity contribution >= 4 is 0 Å². The maximum atomic E-state index is 9.55. The molecule has 108 valence electrons. The first kappa shape index (κ1) is 15.8. The van der Waals surface area contributed by atoms with Gasteiger partial charge >= 0.3 is 0 Å². The molecule has 1 aliphatic rings. The van der Waals surface area contributed by atoms with E-state index in [9.17, 15) is 5.11 Å². The van der Waals surface area contributed by atoms with Gasteiger partial charge in [0, 0.05) is 0 Å². The second-order valence-electron chi connectivity index (χ2n) is 4.90. The zero-order valence-electron chi connectivity index (χ0n) is 10.9. The largest absolute Gasteiger partial charge is 0.394 e. The second-order valence-corrected chi connectivity index (χ2v) is 4.90. The summed E-state index contributed by atoms with van der Waals surface area (Å²) in [5.74, 6) is 0.519. The smallest absolute Gasteiger partial charge is 0.0883 e. The summed E-state index contributed by atoms with van der Waals surface area (Å²) in [6, 6.07) is 0. The summed E-state index contributed by atoms with van der Waals surface area (Å²) in [7, 11) is 0. The summed E-state index contributed by atoms with van der Waals surface area (Å²) in [5, 5.41) is 27.3. The molecule has 0 bridgehead atoms. The summed E-state index contributed by atoms with van der Waals surface area (Å²) in [5.41, 5.74) is 0. The van der Waals surface area contributed by atoms with E-state index in [0.717, 1.165) is 25.7 Å². The van der Waals surface area contributed by atoms with Crippen molar-refractivity contribution in [3.8, 4) is 0 Å². The van der Waals surface area contributed by atoms with E-state index >= 15 is 0 Å². The van der Waals surface area contributed by atoms with Gasteiger partial charge in [-0.3, -0.25) is 0 Å². The van der Waals surface area contributed by atoms with E-state index in [2.05, 4.69) is 10.1 Å². The quantitative estimate of drug-likeness (QED) is 0.750. The minimum absolute atomic E-state index is 0.197. The van der Waals surface area contributed by atoms with Crippen LogP contribution in [0, 0.1) is 11.8 Å². The molecule has 0 saturated carbocycles. The third-order valence-corrected chi connectivity index (χ3v) is 3.35. The van der Waals surface area contributed by atoms with Crippen molar-refractivity contribution in [2.24, 2.45) is 11.8 Å². The van der Waals surface area contributed by atoms with Gasteiger partial charge in [-0.25, -0.2) is 9.78 Å². The van der Waals surface area contributed by atoms with Crippen molar-refractivity contribution in [1.82, 2.24) is 0 Å². The summed E-state index contributed by atoms with van der Waals surface area (Å²) >= 11 is 0. The molecule has 1 saturated heterocycles. The molecule has 2 N–H and O–H groups in total. The first-order valence-electron chi connectivity index (χ1n) is 6.60. The Labute approximate surface area is 108 Å². The van der Waals surface area contributed by atoms with Gasteiger partial charge in [-0.15, -0.1) is 0 Å². The number of aliphatic hydroxyl groups is 2. The van der Waals surface area contributed by atoms with Crippen LogP contribution in [0.15, 0.2) is 0 Å². The van der Waals surface area contributed by atoms with Crippen molar-refractivity contribution in [1.29, 1.82) is 0 Å². The Morgan fingerprint density at radius 3 is 2.72 bits per heavy atom. The van der Waals surface area contributed by atoms with Crippen molar-refractivity contribution in [3.05, 3.63) is 0 Å². The molecule has 1 fully saturated rings. The molecule has 0 aromatic rings. The van der Waals surface area contributed by atoms with Gasteiger partial charge in [0.2, 0.25) is 0 Å². The van der Waals surface area contributed by atoms with Gasteiger partial charge in [0.05, 0.1) is 25.9 Å². The van der Waals surface area contributed by atoms with E-state index in [1.165, 1.54) is 0 Å². The molecule has 0 amide bonds. The highest BCUT2D eigenvalue weighted by Gasteiger charge is 2.21. The van der Waals surface area contributed by atoms with Crippen LogP contribution < -0.4 is 0 Å². The fourth-order valence-electron chi connectivity index (χ4n) is 2.15. The van der Waals surface area contributed by atoms with Crippen LogP contribution in [0.4, 0.5) is 0 Å². The van der Waals surface area contributed by atoms with Crippen LogP contribution in [-0.2, 0) is 19.9 Å². The maximum absolute atomic E-state index is 9.55. The predicted octanol–water partition coefficient (Wildman–Crippen LogP) is 1.37. The van der Waals surface area contributed by atoms with Crippen LogP contribution in [0.3, 0.4) is 0 Å². The van der Waals surface area contributed by atoms with Crippen molar-refractivity contribution in [3.63, 3.8) is 0 Å². The Balaban J connectivity index is 2.41. The first-order chi connectivity index (χ1) is 8.74. The van der Waals surface area contributed by atoms with E-state index in [1.807, 2.05) is 6.92 Å². The number of hydrogen-bond acceptors (Lipinski definition) is 6. The minimum Gasteiger partial charge on any atom is -0.394 e. The maximum Gasteiger partial charge on any atom is 0.0883 e. The van der Waals surface area contributed by atoms with Crippen LogP contribution in [0.2, 0.25) is 0 Å². The number of rotatable bonds is 3. The average Bonchev–Trinajstić information content (AvgIpc) is 2.37. The summed E-state index contributed by atoms with van der Waals surface area (Å²) < 4.78 is 0. The van der Waals surface area contributed by atoms with Gasteiger partial charge in [-0.1, -0.05) is 26.2 Å². The van der Waals surface area contributed by atoms with Gasteiger partial charge in [0.15, 0.2) is 0 Å². The molecule has 0 aromatic heterocycles. The first-order valence-corrected chi connectivity index (χ1v) is 6.60. The SMILES string of the molecule is CC1COOOOCCCCCC1CC(O)CO. The molecule has 6 heteroatoms. The van der Waals surface area contributed by atoms with Crippen LogP contribution in [-0.4, -0.2) is 36.1 Å². The molecule has 6 nitrogen and oxygen atoms in total. The summed E-state index contributed by atoms with van der Waals surface area (Å²) in [6.07, 6.45) is 3.93. The third-order valence-electron chi connectivity index (χ3n) is 3.35. The Hall–Kier alpha value is -0.240. The van der Waals surface area contributed by atoms with Gasteiger partial charge in [0.1, 0.15) is 0 Å². The lowest BCUT2D eigenvalue weighted by atomic mass is 9.85. The summed E-state index contributed by atoms with van der Waals surface area (Å²) in [6.45, 7) is 2.68. The van der Waals surface area contributed by atoms with Gasteiger partial charge in [0.25, 0.3) is 0 Å². The standard InChI is InChI=1S/C12H24O6/c1-10-9-16-18-17-15-6-4-2-3-5-11(10)7-12(14)8-13/h10-14H,2-9H2,1H3. The highest BCUT2D eigenvalue weighted by atomic mass is 17.7. The second kappa shape index (κ2) is 9.66. The van der Waals surface area contributed by atoms with Crippen molar-refractivity contribution < 1.29 is 30.1 Å². The third kappa shape index (κ3) is 6.63. The van der Waals surface area contributed by atoms with Gasteiger partial charge in [-0.2, -0.15) is 0 Å². The minimum atomic E-state index is -0.661. The molecule has 1 aliphatic heterocycles. The summed E-state index contributed by atoms with van der Waals surface area (Å²) in [4.78, 5) is 9.60. The van der Waals surface area contributed by atoms with Crippen molar-refractivity contribution in [2.45, 2.75) is 45.1 Å². The van der Waals surface area contributed by atoms with Crippen LogP contribution in [0.25, 0.3) is 0 Å². The zero-order valence-corrected chi connectivity index (χ0v) is 10.9. The van der Waals surface area contributed by atoms with Crippen LogP contribution in [0.5, 0.6) is 0 Å². The molecule has 3 atom stereocenters. The molecule has 18 heavy (non-hydrogen) atoms. The molecular weight excluding hydrogens is 240 g/mol. The van der Waals surface area contributed by atoms with E-state index in [0.29, 0.717) is 25.6 Å². The van der Waals surface area contributed by atoms with Gasteiger partial charge in [-0.05, 0) is 34.8 Å². The lowest BCUT2D eigenvalue weighted by Gasteiger charge is -2.25. The lowest BCUT2D eigenvalue weighted by molar-refractivity contribution is -0.635. The molecule has 0 radical (unpaired) electrons. The topological polar surface area (TPSA) is 77.4 Å². The van der Waals surface area contributed by atoms with E-state index in [1.54, 1.807) is 0 Å². The molecule has 0 aromatic carbocycles. The molecule has 3 unspecified atom stereocenters. The van der Waals surface area contributed by atoms with E-state index < -0.39 is 6.10 Å². The molecule has 0 spiro atoms. The molecular formula is C12H24O6. The Kier molecular flexibility index (Phi) is 8.49. The molecule has 1 heterocycles. The monoisotopic (exact) mass is 264 g/mol. The molecule has 1 rings (SSSR count). The Bertz CT molecular complexity index is 201.